The van der Waals surface area contributed by atoms with Crippen LogP contribution in [0.1, 0.15) is 5.56 Å². The van der Waals surface area contributed by atoms with E-state index in [1.54, 1.807) is 18.8 Å². The molecule has 0 aliphatic carbocycles. The van der Waals surface area contributed by atoms with Crippen LogP contribution in [0.3, 0.4) is 0 Å². The average molecular weight is 312 g/mol. The summed E-state index contributed by atoms with van der Waals surface area (Å²) in [4.78, 5) is 13.1. The highest BCUT2D eigenvalue weighted by atomic mass is 32.2. The van der Waals surface area contributed by atoms with Gasteiger partial charge in [0.2, 0.25) is 0 Å². The number of oxazole rings is 1. The van der Waals surface area contributed by atoms with E-state index in [4.69, 9.17) is 4.42 Å². The Hall–Kier alpha value is -2.38. The second-order valence-corrected chi connectivity index (χ2v) is 6.21. The van der Waals surface area contributed by atoms with Crippen molar-refractivity contribution in [1.82, 2.24) is 19.5 Å². The molecule has 0 saturated carbocycles. The zero-order valence-electron chi connectivity index (χ0n) is 12.0. The van der Waals surface area contributed by atoms with Gasteiger partial charge in [-0.3, -0.25) is 4.57 Å². The summed E-state index contributed by atoms with van der Waals surface area (Å²) in [7, 11) is 0. The van der Waals surface area contributed by atoms with Crippen LogP contribution in [0.4, 0.5) is 0 Å². The van der Waals surface area contributed by atoms with Crippen molar-refractivity contribution in [2.75, 3.05) is 6.26 Å². The maximum Gasteiger partial charge on any atom is 0.415 e. The van der Waals surface area contributed by atoms with Gasteiger partial charge in [0.1, 0.15) is 23.6 Å². The van der Waals surface area contributed by atoms with E-state index in [2.05, 4.69) is 15.0 Å². The Morgan fingerprint density at radius 2 is 2.09 bits per heavy atom. The fourth-order valence-corrected chi connectivity index (χ4v) is 2.93. The van der Waals surface area contributed by atoms with Crippen molar-refractivity contribution in [2.45, 2.75) is 12.1 Å². The van der Waals surface area contributed by atoms with Crippen molar-refractivity contribution in [1.29, 1.82) is 0 Å². The SMILES string of the molecule is Cc1c(-n2cnc3cccnc32)ccc2oc([S+](C)[O-])nc12. The largest absolute Gasteiger partial charge is 0.608 e. The number of benzene rings is 1. The lowest BCUT2D eigenvalue weighted by Crippen LogP contribution is -1.98. The molecule has 4 rings (SSSR count). The number of fused-ring (bicyclic) bond motifs is 2. The van der Waals surface area contributed by atoms with Crippen LogP contribution in [-0.2, 0) is 11.2 Å². The van der Waals surface area contributed by atoms with E-state index >= 15 is 0 Å². The number of pyridine rings is 1. The molecule has 0 aliphatic heterocycles. The van der Waals surface area contributed by atoms with Crippen LogP contribution in [0.25, 0.3) is 28.0 Å². The normalized spacial score (nSPS) is 13.0. The van der Waals surface area contributed by atoms with Crippen LogP contribution < -0.4 is 0 Å². The molecule has 6 nitrogen and oxygen atoms in total. The number of hydrogen-bond donors (Lipinski definition) is 0. The summed E-state index contributed by atoms with van der Waals surface area (Å²) in [6.07, 6.45) is 5.03. The van der Waals surface area contributed by atoms with Gasteiger partial charge in [-0.05, 0) is 31.2 Å². The number of hydrogen-bond acceptors (Lipinski definition) is 5. The molecule has 4 aromatic rings. The molecular weight excluding hydrogens is 300 g/mol. The third kappa shape index (κ3) is 1.90. The van der Waals surface area contributed by atoms with Crippen molar-refractivity contribution >= 4 is 33.4 Å². The van der Waals surface area contributed by atoms with Crippen molar-refractivity contribution in [3.8, 4) is 5.69 Å². The van der Waals surface area contributed by atoms with E-state index in [0.29, 0.717) is 11.1 Å². The summed E-state index contributed by atoms with van der Waals surface area (Å²) in [6, 6.07) is 7.54. The molecule has 3 aromatic heterocycles. The minimum absolute atomic E-state index is 0.240. The molecule has 22 heavy (non-hydrogen) atoms. The van der Waals surface area contributed by atoms with Crippen molar-refractivity contribution in [3.05, 3.63) is 42.4 Å². The first kappa shape index (κ1) is 13.3. The first-order valence-electron chi connectivity index (χ1n) is 6.67. The number of imidazole rings is 1. The zero-order valence-corrected chi connectivity index (χ0v) is 12.8. The third-order valence-electron chi connectivity index (χ3n) is 3.58. The Bertz CT molecular complexity index is 990. The van der Waals surface area contributed by atoms with E-state index in [1.165, 1.54) is 0 Å². The molecule has 0 spiro atoms. The van der Waals surface area contributed by atoms with E-state index in [0.717, 1.165) is 22.4 Å². The lowest BCUT2D eigenvalue weighted by atomic mass is 10.1. The predicted molar refractivity (Wildman–Crippen MR) is 83.5 cm³/mol. The van der Waals surface area contributed by atoms with Gasteiger partial charge in [-0.1, -0.05) is 0 Å². The maximum absolute atomic E-state index is 11.5. The van der Waals surface area contributed by atoms with Gasteiger partial charge in [0, 0.05) is 22.9 Å². The summed E-state index contributed by atoms with van der Waals surface area (Å²) in [5.74, 6) is 0. The van der Waals surface area contributed by atoms with Crippen LogP contribution in [0, 0.1) is 6.92 Å². The molecule has 7 heteroatoms. The Morgan fingerprint density at radius 3 is 2.91 bits per heavy atom. The summed E-state index contributed by atoms with van der Waals surface area (Å²) in [6.45, 7) is 1.96. The molecule has 3 heterocycles. The lowest BCUT2D eigenvalue weighted by molar-refractivity contribution is 0.460. The summed E-state index contributed by atoms with van der Waals surface area (Å²) >= 11 is -1.24. The highest BCUT2D eigenvalue weighted by molar-refractivity contribution is 7.90. The smallest absolute Gasteiger partial charge is 0.415 e. The molecule has 0 N–H and O–H groups in total. The van der Waals surface area contributed by atoms with Crippen molar-refractivity contribution in [2.24, 2.45) is 0 Å². The first-order chi connectivity index (χ1) is 10.6. The lowest BCUT2D eigenvalue weighted by Gasteiger charge is -2.07. The van der Waals surface area contributed by atoms with Gasteiger partial charge in [-0.25, -0.2) is 9.97 Å². The predicted octanol–water partition coefficient (Wildman–Crippen LogP) is 2.61. The Morgan fingerprint density at radius 1 is 1.23 bits per heavy atom. The van der Waals surface area contributed by atoms with Crippen LogP contribution in [0.2, 0.25) is 0 Å². The summed E-state index contributed by atoms with van der Waals surface area (Å²) in [5, 5.41) is 0.240. The van der Waals surface area contributed by atoms with Gasteiger partial charge in [0.15, 0.2) is 11.2 Å². The molecule has 0 amide bonds. The summed E-state index contributed by atoms with van der Waals surface area (Å²) < 4.78 is 19.0. The maximum atomic E-state index is 11.5. The molecule has 0 saturated heterocycles. The summed E-state index contributed by atoms with van der Waals surface area (Å²) in [5.41, 5.74) is 4.81. The third-order valence-corrected chi connectivity index (χ3v) is 4.24. The fourth-order valence-electron chi connectivity index (χ4n) is 2.50. The minimum Gasteiger partial charge on any atom is -0.608 e. The molecule has 1 atom stereocenters. The topological polar surface area (TPSA) is 79.8 Å². The van der Waals surface area contributed by atoms with Gasteiger partial charge in [-0.15, -0.1) is 0 Å². The standard InChI is InChI=1S/C15H12N4O2S/c1-9-11(19-8-17-10-4-3-7-16-14(10)19)5-6-12-13(9)18-15(21-12)22(2)20/h3-8H,1-2H3. The molecule has 1 unspecified atom stereocenters. The van der Waals surface area contributed by atoms with Crippen LogP contribution in [0.15, 0.2) is 46.4 Å². The minimum atomic E-state index is -1.24. The second-order valence-electron chi connectivity index (χ2n) is 4.95. The highest BCUT2D eigenvalue weighted by Crippen LogP contribution is 2.27. The van der Waals surface area contributed by atoms with Crippen LogP contribution in [0.5, 0.6) is 0 Å². The fraction of sp³-hybridized carbons (Fsp3) is 0.133. The first-order valence-corrected chi connectivity index (χ1v) is 8.23. The zero-order chi connectivity index (χ0) is 15.3. The molecule has 0 bridgehead atoms. The van der Waals surface area contributed by atoms with E-state index in [1.807, 2.05) is 35.8 Å². The Kier molecular flexibility index (Phi) is 2.91. The number of nitrogens with zero attached hydrogens (tertiary/aromatic N) is 4. The number of rotatable bonds is 2. The molecule has 1 aromatic carbocycles. The number of aryl methyl sites for hydroxylation is 1. The molecule has 110 valence electrons. The Labute approximate surface area is 129 Å². The highest BCUT2D eigenvalue weighted by Gasteiger charge is 2.18. The molecular formula is C15H12N4O2S. The molecule has 0 fully saturated rings. The van der Waals surface area contributed by atoms with Gasteiger partial charge in [0.05, 0.1) is 5.69 Å². The molecule has 0 aliphatic rings. The molecule has 0 radical (unpaired) electrons. The van der Waals surface area contributed by atoms with Crippen LogP contribution in [-0.4, -0.2) is 30.3 Å². The monoisotopic (exact) mass is 312 g/mol. The number of aromatic nitrogens is 4. The van der Waals surface area contributed by atoms with Gasteiger partial charge < -0.3 is 8.97 Å². The van der Waals surface area contributed by atoms with E-state index < -0.39 is 11.2 Å². The Balaban J connectivity index is 1.97. The van der Waals surface area contributed by atoms with Crippen molar-refractivity contribution in [3.63, 3.8) is 0 Å². The van der Waals surface area contributed by atoms with E-state index in [-0.39, 0.29) is 5.22 Å². The van der Waals surface area contributed by atoms with Gasteiger partial charge in [-0.2, -0.15) is 4.98 Å². The van der Waals surface area contributed by atoms with Gasteiger partial charge in [0.25, 0.3) is 0 Å². The van der Waals surface area contributed by atoms with E-state index in [9.17, 15) is 4.55 Å². The van der Waals surface area contributed by atoms with Crippen molar-refractivity contribution < 1.29 is 8.97 Å². The second kappa shape index (κ2) is 4.82. The van der Waals surface area contributed by atoms with Gasteiger partial charge >= 0.3 is 5.22 Å². The van der Waals surface area contributed by atoms with Crippen LogP contribution >= 0.6 is 0 Å². The average Bonchev–Trinajstić information content (AvgIpc) is 3.12. The quantitative estimate of drug-likeness (QED) is 0.532.